The second kappa shape index (κ2) is 8.49. The Morgan fingerprint density at radius 3 is 2.61 bits per heavy atom. The zero-order chi connectivity index (χ0) is 22.9. The monoisotopic (exact) mass is 438 g/mol. The van der Waals surface area contributed by atoms with Gasteiger partial charge < -0.3 is 16.0 Å². The molecule has 1 fully saturated rings. The Hall–Kier alpha value is -4.02. The Kier molecular flexibility index (Phi) is 5.37. The van der Waals surface area contributed by atoms with Gasteiger partial charge in [0.15, 0.2) is 0 Å². The van der Waals surface area contributed by atoms with Crippen LogP contribution in [0.3, 0.4) is 0 Å². The number of hydrogen-bond donors (Lipinski definition) is 2. The highest BCUT2D eigenvalue weighted by Gasteiger charge is 2.20. The van der Waals surface area contributed by atoms with Crippen molar-refractivity contribution in [1.29, 1.82) is 5.26 Å². The van der Waals surface area contributed by atoms with Crippen molar-refractivity contribution in [2.45, 2.75) is 6.92 Å². The number of aryl methyl sites for hydroxylation is 1. The largest absolute Gasteiger partial charge is 0.397 e. The Morgan fingerprint density at radius 1 is 1.06 bits per heavy atom. The van der Waals surface area contributed by atoms with Crippen LogP contribution in [0.2, 0.25) is 0 Å². The number of aromatic nitrogens is 2. The number of nitrogens with zero attached hydrogens (tertiary/aromatic N) is 4. The summed E-state index contributed by atoms with van der Waals surface area (Å²) in [5.41, 5.74) is 10.1. The van der Waals surface area contributed by atoms with Gasteiger partial charge in [0.1, 0.15) is 17.7 Å². The first-order valence-corrected chi connectivity index (χ1v) is 10.9. The van der Waals surface area contributed by atoms with E-state index in [0.29, 0.717) is 22.2 Å². The molecule has 0 atom stereocenters. The molecule has 7 heteroatoms. The molecule has 1 aliphatic heterocycles. The van der Waals surface area contributed by atoms with E-state index in [4.69, 9.17) is 10.7 Å². The van der Waals surface area contributed by atoms with E-state index in [1.807, 2.05) is 37.3 Å². The number of fused-ring (bicyclic) bond motifs is 1. The van der Waals surface area contributed by atoms with E-state index >= 15 is 0 Å². The lowest BCUT2D eigenvalue weighted by Gasteiger charge is -2.28. The molecule has 0 unspecified atom stereocenters. The summed E-state index contributed by atoms with van der Waals surface area (Å²) in [6.07, 6.45) is 3.39. The van der Waals surface area contributed by atoms with Gasteiger partial charge >= 0.3 is 0 Å². The molecule has 0 bridgehead atoms. The maximum atomic E-state index is 14.9. The second-order valence-electron chi connectivity index (χ2n) is 8.16. The van der Waals surface area contributed by atoms with Crippen LogP contribution in [0.4, 0.5) is 15.9 Å². The van der Waals surface area contributed by atoms with Crippen LogP contribution in [0.25, 0.3) is 33.2 Å². The molecule has 0 radical (unpaired) electrons. The van der Waals surface area contributed by atoms with Crippen molar-refractivity contribution in [1.82, 2.24) is 15.3 Å². The number of nitrogen functional groups attached to an aromatic ring is 1. The summed E-state index contributed by atoms with van der Waals surface area (Å²) >= 11 is 0. The average Bonchev–Trinajstić information content (AvgIpc) is 2.84. The van der Waals surface area contributed by atoms with E-state index < -0.39 is 0 Å². The van der Waals surface area contributed by atoms with E-state index in [0.717, 1.165) is 54.2 Å². The van der Waals surface area contributed by atoms with Crippen molar-refractivity contribution in [3.63, 3.8) is 0 Å². The van der Waals surface area contributed by atoms with Crippen LogP contribution >= 0.6 is 0 Å². The Labute approximate surface area is 191 Å². The molecule has 4 aromatic rings. The number of anilines is 2. The van der Waals surface area contributed by atoms with Gasteiger partial charge in [-0.3, -0.25) is 4.98 Å². The van der Waals surface area contributed by atoms with Gasteiger partial charge in [-0.1, -0.05) is 18.2 Å². The van der Waals surface area contributed by atoms with Crippen molar-refractivity contribution in [3.8, 4) is 28.5 Å². The molecule has 6 nitrogen and oxygen atoms in total. The number of rotatable bonds is 3. The molecule has 5 rings (SSSR count). The van der Waals surface area contributed by atoms with Gasteiger partial charge in [-0.25, -0.2) is 9.37 Å². The van der Waals surface area contributed by atoms with Gasteiger partial charge in [0.05, 0.1) is 16.9 Å². The maximum Gasteiger partial charge on any atom is 0.131 e. The molecular formula is C26H23FN6. The minimum atomic E-state index is -0.389. The van der Waals surface area contributed by atoms with E-state index in [-0.39, 0.29) is 11.4 Å². The number of nitriles is 1. The molecule has 0 aliphatic carbocycles. The lowest BCUT2D eigenvalue weighted by molar-refractivity contribution is 0.585. The SMILES string of the molecule is Cc1cccc(F)c1-c1cc2c(-c3cccc(N4CCNCC4)n3)cncc2c(N)c1C#N. The zero-order valence-corrected chi connectivity index (χ0v) is 18.3. The highest BCUT2D eigenvalue weighted by atomic mass is 19.1. The van der Waals surface area contributed by atoms with Gasteiger partial charge in [0.25, 0.3) is 0 Å². The van der Waals surface area contributed by atoms with Crippen LogP contribution in [0, 0.1) is 24.1 Å². The quantitative estimate of drug-likeness (QED) is 0.464. The number of nitrogens with one attached hydrogen (secondary N) is 1. The third-order valence-corrected chi connectivity index (χ3v) is 6.16. The van der Waals surface area contributed by atoms with Crippen molar-refractivity contribution in [2.75, 3.05) is 36.8 Å². The molecule has 33 heavy (non-hydrogen) atoms. The van der Waals surface area contributed by atoms with Crippen LogP contribution in [0.15, 0.2) is 54.9 Å². The van der Waals surface area contributed by atoms with Crippen LogP contribution in [-0.4, -0.2) is 36.1 Å². The first kappa shape index (κ1) is 20.9. The number of benzene rings is 2. The minimum absolute atomic E-state index is 0.247. The molecule has 3 heterocycles. The minimum Gasteiger partial charge on any atom is -0.397 e. The summed E-state index contributed by atoms with van der Waals surface area (Å²) in [6, 6.07) is 14.8. The highest BCUT2D eigenvalue weighted by molar-refractivity contribution is 6.06. The molecule has 0 spiro atoms. The predicted molar refractivity (Wildman–Crippen MR) is 129 cm³/mol. The summed E-state index contributed by atoms with van der Waals surface area (Å²) < 4.78 is 14.9. The van der Waals surface area contributed by atoms with Crippen molar-refractivity contribution in [3.05, 3.63) is 71.8 Å². The molecule has 0 saturated carbocycles. The normalized spacial score (nSPS) is 13.8. The van der Waals surface area contributed by atoms with Gasteiger partial charge in [0.2, 0.25) is 0 Å². The summed E-state index contributed by atoms with van der Waals surface area (Å²) in [5, 5.41) is 14.7. The molecule has 164 valence electrons. The summed E-state index contributed by atoms with van der Waals surface area (Å²) in [5.74, 6) is 0.512. The van der Waals surface area contributed by atoms with E-state index in [2.05, 4.69) is 21.3 Å². The average molecular weight is 439 g/mol. The number of piperazine rings is 1. The van der Waals surface area contributed by atoms with Crippen LogP contribution in [0.5, 0.6) is 0 Å². The van der Waals surface area contributed by atoms with Gasteiger partial charge in [-0.05, 0) is 42.1 Å². The van der Waals surface area contributed by atoms with Gasteiger partial charge in [0, 0.05) is 60.6 Å². The summed E-state index contributed by atoms with van der Waals surface area (Å²) in [6.45, 7) is 5.44. The first-order valence-electron chi connectivity index (χ1n) is 10.9. The Bertz CT molecular complexity index is 1380. The van der Waals surface area contributed by atoms with Crippen molar-refractivity contribution >= 4 is 22.3 Å². The Balaban J connectivity index is 1.74. The van der Waals surface area contributed by atoms with E-state index in [9.17, 15) is 9.65 Å². The molecule has 2 aromatic heterocycles. The lowest BCUT2D eigenvalue weighted by Crippen LogP contribution is -2.43. The number of halogens is 1. The Morgan fingerprint density at radius 2 is 1.85 bits per heavy atom. The first-order chi connectivity index (χ1) is 16.1. The van der Waals surface area contributed by atoms with E-state index in [1.165, 1.54) is 6.07 Å². The lowest BCUT2D eigenvalue weighted by atomic mass is 9.90. The van der Waals surface area contributed by atoms with Crippen LogP contribution in [-0.2, 0) is 0 Å². The molecular weight excluding hydrogens is 415 g/mol. The number of nitrogens with two attached hydrogens (primary N) is 1. The number of hydrogen-bond acceptors (Lipinski definition) is 6. The predicted octanol–water partition coefficient (Wildman–Crippen LogP) is 4.27. The molecule has 1 aliphatic rings. The molecule has 2 aromatic carbocycles. The second-order valence-corrected chi connectivity index (χ2v) is 8.16. The third-order valence-electron chi connectivity index (χ3n) is 6.16. The fourth-order valence-corrected chi connectivity index (χ4v) is 4.47. The highest BCUT2D eigenvalue weighted by Crippen LogP contribution is 2.39. The van der Waals surface area contributed by atoms with Gasteiger partial charge in [-0.15, -0.1) is 0 Å². The topological polar surface area (TPSA) is 90.9 Å². The molecule has 1 saturated heterocycles. The van der Waals surface area contributed by atoms with Crippen molar-refractivity contribution in [2.24, 2.45) is 0 Å². The number of pyridine rings is 2. The van der Waals surface area contributed by atoms with Crippen LogP contribution < -0.4 is 16.0 Å². The third kappa shape index (κ3) is 3.65. The maximum absolute atomic E-state index is 14.9. The molecule has 0 amide bonds. The fourth-order valence-electron chi connectivity index (χ4n) is 4.47. The van der Waals surface area contributed by atoms with Gasteiger partial charge in [-0.2, -0.15) is 5.26 Å². The summed E-state index contributed by atoms with van der Waals surface area (Å²) in [7, 11) is 0. The molecule has 3 N–H and O–H groups in total. The zero-order valence-electron chi connectivity index (χ0n) is 18.3. The van der Waals surface area contributed by atoms with Crippen molar-refractivity contribution < 1.29 is 4.39 Å². The van der Waals surface area contributed by atoms with Crippen LogP contribution in [0.1, 0.15) is 11.1 Å². The summed E-state index contributed by atoms with van der Waals surface area (Å²) in [4.78, 5) is 11.5. The van der Waals surface area contributed by atoms with E-state index in [1.54, 1.807) is 18.5 Å². The fraction of sp³-hybridized carbons (Fsp3) is 0.192. The smallest absolute Gasteiger partial charge is 0.131 e. The standard InChI is InChI=1S/C26H23FN6/c1-16-4-2-5-22(27)25(16)18-12-17-20(14-31-15-21(17)26(29)19(18)13-28)23-6-3-7-24(32-23)33-10-8-30-9-11-33/h2-7,12,14-15,30H,8-11,29H2,1H3.